The molecule has 4 rings (SSSR count). The summed E-state index contributed by atoms with van der Waals surface area (Å²) in [6.07, 6.45) is 6.13. The van der Waals surface area contributed by atoms with Crippen LogP contribution in [-0.2, 0) is 0 Å². The van der Waals surface area contributed by atoms with E-state index in [-0.39, 0.29) is 0 Å². The molecule has 2 unspecified atom stereocenters. The van der Waals surface area contributed by atoms with Crippen molar-refractivity contribution in [3.05, 3.63) is 66.2 Å². The summed E-state index contributed by atoms with van der Waals surface area (Å²) >= 11 is 0. The van der Waals surface area contributed by atoms with Gasteiger partial charge in [-0.3, -0.25) is 0 Å². The van der Waals surface area contributed by atoms with E-state index in [0.717, 1.165) is 17.9 Å². The average molecular weight is 277 g/mol. The van der Waals surface area contributed by atoms with Crippen molar-refractivity contribution in [2.45, 2.75) is 31.3 Å². The lowest BCUT2D eigenvalue weighted by Gasteiger charge is -2.21. The van der Waals surface area contributed by atoms with Gasteiger partial charge in [0.2, 0.25) is 0 Å². The maximum absolute atomic E-state index is 5.84. The van der Waals surface area contributed by atoms with Gasteiger partial charge >= 0.3 is 0 Å². The van der Waals surface area contributed by atoms with Crippen LogP contribution >= 0.6 is 0 Å². The molecule has 0 amide bonds. The number of benzene rings is 2. The van der Waals surface area contributed by atoms with Gasteiger partial charge in [0.1, 0.15) is 11.5 Å². The Hall–Kier alpha value is -2.06. The van der Waals surface area contributed by atoms with E-state index in [4.69, 9.17) is 4.74 Å². The molecule has 2 heterocycles. The zero-order valence-electron chi connectivity index (χ0n) is 12.0. The molecule has 2 bridgehead atoms. The predicted octanol–water partition coefficient (Wildman–Crippen LogP) is 4.39. The minimum absolute atomic E-state index is 0.582. The first-order valence-electron chi connectivity index (χ1n) is 7.67. The average Bonchev–Trinajstić information content (AvgIpc) is 2.87. The fraction of sp³-hybridized carbons (Fsp3) is 0.263. The minimum Gasteiger partial charge on any atom is -0.457 e. The molecule has 0 aromatic heterocycles. The molecule has 2 atom stereocenters. The topological polar surface area (TPSA) is 21.3 Å². The van der Waals surface area contributed by atoms with E-state index in [1.165, 1.54) is 24.0 Å². The highest BCUT2D eigenvalue weighted by atomic mass is 16.5. The van der Waals surface area contributed by atoms with Crippen molar-refractivity contribution < 1.29 is 4.74 Å². The van der Waals surface area contributed by atoms with Crippen LogP contribution in [0, 0.1) is 0 Å². The van der Waals surface area contributed by atoms with E-state index in [2.05, 4.69) is 35.7 Å². The lowest BCUT2D eigenvalue weighted by Crippen LogP contribution is -2.31. The second-order valence-electron chi connectivity index (χ2n) is 5.88. The Morgan fingerprint density at radius 2 is 1.62 bits per heavy atom. The van der Waals surface area contributed by atoms with Gasteiger partial charge in [0.05, 0.1) is 0 Å². The molecule has 2 heteroatoms. The maximum atomic E-state index is 5.84. The Bertz CT molecular complexity index is 645. The van der Waals surface area contributed by atoms with Crippen molar-refractivity contribution in [2.24, 2.45) is 0 Å². The summed E-state index contributed by atoms with van der Waals surface area (Å²) in [6.45, 7) is 0. The number of ether oxygens (including phenoxy) is 1. The second kappa shape index (κ2) is 5.38. The van der Waals surface area contributed by atoms with E-state index in [9.17, 15) is 0 Å². The van der Waals surface area contributed by atoms with Crippen LogP contribution in [-0.4, -0.2) is 12.1 Å². The second-order valence-corrected chi connectivity index (χ2v) is 5.88. The van der Waals surface area contributed by atoms with Crippen LogP contribution in [0.4, 0.5) is 0 Å². The van der Waals surface area contributed by atoms with Crippen molar-refractivity contribution in [3.63, 3.8) is 0 Å². The summed E-state index contributed by atoms with van der Waals surface area (Å²) in [5.41, 5.74) is 2.81. The van der Waals surface area contributed by atoms with Gasteiger partial charge in [0.25, 0.3) is 0 Å². The molecule has 2 aliphatic heterocycles. The number of hydrogen-bond acceptors (Lipinski definition) is 2. The fourth-order valence-electron chi connectivity index (χ4n) is 3.29. The molecule has 0 saturated carbocycles. The highest BCUT2D eigenvalue weighted by molar-refractivity contribution is 5.68. The van der Waals surface area contributed by atoms with Gasteiger partial charge < -0.3 is 10.1 Å². The summed E-state index contributed by atoms with van der Waals surface area (Å²) in [4.78, 5) is 0. The van der Waals surface area contributed by atoms with Gasteiger partial charge in [0.15, 0.2) is 0 Å². The fourth-order valence-corrected chi connectivity index (χ4v) is 3.29. The Morgan fingerprint density at radius 3 is 2.38 bits per heavy atom. The molecule has 1 fully saturated rings. The molecular formula is C19H19NO. The quantitative estimate of drug-likeness (QED) is 0.898. The molecule has 2 aromatic rings. The van der Waals surface area contributed by atoms with Crippen molar-refractivity contribution in [1.29, 1.82) is 0 Å². The van der Waals surface area contributed by atoms with Crippen LogP contribution in [0.5, 0.6) is 11.5 Å². The number of para-hydroxylation sites is 1. The predicted molar refractivity (Wildman–Crippen MR) is 85.5 cm³/mol. The van der Waals surface area contributed by atoms with Crippen LogP contribution in [0.15, 0.2) is 60.7 Å². The SMILES string of the molecule is C1=C(c2ccc(Oc3ccccc3)cc2)CC2CCC1N2. The number of nitrogens with one attached hydrogen (secondary N) is 1. The first-order chi connectivity index (χ1) is 10.4. The first-order valence-corrected chi connectivity index (χ1v) is 7.67. The molecule has 106 valence electrons. The number of fused-ring (bicyclic) bond motifs is 2. The molecule has 2 nitrogen and oxygen atoms in total. The van der Waals surface area contributed by atoms with Crippen LogP contribution in [0.2, 0.25) is 0 Å². The van der Waals surface area contributed by atoms with Gasteiger partial charge in [-0.25, -0.2) is 0 Å². The van der Waals surface area contributed by atoms with Gasteiger partial charge in [-0.1, -0.05) is 36.4 Å². The van der Waals surface area contributed by atoms with E-state index in [1.54, 1.807) is 0 Å². The summed E-state index contributed by atoms with van der Waals surface area (Å²) in [7, 11) is 0. The zero-order chi connectivity index (χ0) is 14.1. The highest BCUT2D eigenvalue weighted by Gasteiger charge is 2.28. The number of rotatable bonds is 3. The molecule has 0 radical (unpaired) electrons. The van der Waals surface area contributed by atoms with Crippen molar-refractivity contribution >= 4 is 5.57 Å². The molecule has 21 heavy (non-hydrogen) atoms. The monoisotopic (exact) mass is 277 g/mol. The highest BCUT2D eigenvalue weighted by Crippen LogP contribution is 2.33. The van der Waals surface area contributed by atoms with Gasteiger partial charge in [-0.15, -0.1) is 0 Å². The van der Waals surface area contributed by atoms with Crippen molar-refractivity contribution in [3.8, 4) is 11.5 Å². The van der Waals surface area contributed by atoms with Crippen molar-refractivity contribution in [2.75, 3.05) is 0 Å². The van der Waals surface area contributed by atoms with E-state index in [0.29, 0.717) is 12.1 Å². The van der Waals surface area contributed by atoms with Gasteiger partial charge in [-0.05, 0) is 54.7 Å². The third kappa shape index (κ3) is 2.72. The van der Waals surface area contributed by atoms with Crippen LogP contribution in [0.25, 0.3) is 5.57 Å². The van der Waals surface area contributed by atoms with Gasteiger partial charge in [0, 0.05) is 12.1 Å². The Kier molecular flexibility index (Phi) is 3.24. The normalized spacial score (nSPS) is 23.7. The minimum atomic E-state index is 0.582. The standard InChI is InChI=1S/C19H19NO/c1-2-4-18(5-3-1)21-19-10-6-14(7-11-19)15-12-16-8-9-17(13-15)20-16/h1-7,10-12,16-17,20H,8-9,13H2. The molecule has 0 aliphatic carbocycles. The van der Waals surface area contributed by atoms with Gasteiger partial charge in [-0.2, -0.15) is 0 Å². The molecule has 2 aliphatic rings. The number of hydrogen-bond donors (Lipinski definition) is 1. The van der Waals surface area contributed by atoms with Crippen LogP contribution in [0.1, 0.15) is 24.8 Å². The van der Waals surface area contributed by atoms with Crippen molar-refractivity contribution in [1.82, 2.24) is 5.32 Å². The summed E-state index contributed by atoms with van der Waals surface area (Å²) in [5.74, 6) is 1.77. The lowest BCUT2D eigenvalue weighted by atomic mass is 9.96. The lowest BCUT2D eigenvalue weighted by molar-refractivity contribution is 0.482. The Labute approximate surface area is 125 Å². The zero-order valence-corrected chi connectivity index (χ0v) is 12.0. The van der Waals surface area contributed by atoms with E-state index >= 15 is 0 Å². The third-order valence-electron chi connectivity index (χ3n) is 4.35. The molecule has 1 N–H and O–H groups in total. The summed E-state index contributed by atoms with van der Waals surface area (Å²) in [6, 6.07) is 19.6. The third-order valence-corrected chi connectivity index (χ3v) is 4.35. The first kappa shape index (κ1) is 12.7. The molecular weight excluding hydrogens is 258 g/mol. The molecule has 2 aromatic carbocycles. The smallest absolute Gasteiger partial charge is 0.127 e. The van der Waals surface area contributed by atoms with E-state index in [1.807, 2.05) is 30.3 Å². The van der Waals surface area contributed by atoms with E-state index < -0.39 is 0 Å². The molecule has 0 spiro atoms. The Balaban J connectivity index is 1.51. The summed E-state index contributed by atoms with van der Waals surface area (Å²) < 4.78 is 5.84. The van der Waals surface area contributed by atoms with Crippen LogP contribution < -0.4 is 10.1 Å². The largest absolute Gasteiger partial charge is 0.457 e. The Morgan fingerprint density at radius 1 is 0.857 bits per heavy atom. The van der Waals surface area contributed by atoms with Crippen LogP contribution in [0.3, 0.4) is 0 Å². The maximum Gasteiger partial charge on any atom is 0.127 e. The molecule has 1 saturated heterocycles. The summed E-state index contributed by atoms with van der Waals surface area (Å²) in [5, 5.41) is 3.63.